The second-order valence-electron chi connectivity index (χ2n) is 4.83. The molecular formula is C15H16N4OS2. The fourth-order valence-electron chi connectivity index (χ4n) is 2.06. The third kappa shape index (κ3) is 3.66. The molecule has 0 atom stereocenters. The number of rotatable bonds is 6. The van der Waals surface area contributed by atoms with Crippen LogP contribution in [0.3, 0.4) is 0 Å². The lowest BCUT2D eigenvalue weighted by Gasteiger charge is -1.99. The van der Waals surface area contributed by atoms with Crippen molar-refractivity contribution in [3.8, 4) is 0 Å². The molecule has 0 saturated heterocycles. The van der Waals surface area contributed by atoms with E-state index >= 15 is 0 Å². The molecule has 1 amide bonds. The summed E-state index contributed by atoms with van der Waals surface area (Å²) in [4.78, 5) is 16.5. The number of fused-ring (bicyclic) bond motifs is 1. The Morgan fingerprint density at radius 2 is 2.05 bits per heavy atom. The number of hydrogen-bond donors (Lipinski definition) is 1. The maximum absolute atomic E-state index is 11.9. The Bertz CT molecular complexity index is 748. The molecule has 0 bridgehead atoms. The van der Waals surface area contributed by atoms with Crippen molar-refractivity contribution in [2.45, 2.75) is 32.6 Å². The summed E-state index contributed by atoms with van der Waals surface area (Å²) in [5, 5.41) is 13.3. The lowest BCUT2D eigenvalue weighted by atomic mass is 10.2. The highest BCUT2D eigenvalue weighted by Crippen LogP contribution is 2.23. The molecule has 1 N–H and O–H groups in total. The van der Waals surface area contributed by atoms with E-state index in [0.29, 0.717) is 11.6 Å². The summed E-state index contributed by atoms with van der Waals surface area (Å²) in [5.41, 5.74) is 1.04. The molecule has 0 radical (unpaired) electrons. The van der Waals surface area contributed by atoms with Crippen LogP contribution in [0.2, 0.25) is 0 Å². The molecule has 2 heterocycles. The molecule has 2 aromatic heterocycles. The van der Waals surface area contributed by atoms with Gasteiger partial charge in [0.2, 0.25) is 11.0 Å². The number of nitrogens with zero attached hydrogens (tertiary/aromatic N) is 3. The lowest BCUT2D eigenvalue weighted by molar-refractivity contribution is -0.116. The van der Waals surface area contributed by atoms with Crippen molar-refractivity contribution in [1.29, 1.82) is 0 Å². The first-order valence-corrected chi connectivity index (χ1v) is 8.84. The molecule has 0 fully saturated rings. The van der Waals surface area contributed by atoms with E-state index in [1.807, 2.05) is 25.1 Å². The maximum atomic E-state index is 11.9. The van der Waals surface area contributed by atoms with Crippen LogP contribution in [0, 0.1) is 0 Å². The predicted molar refractivity (Wildman–Crippen MR) is 90.5 cm³/mol. The van der Waals surface area contributed by atoms with E-state index in [1.165, 1.54) is 16.0 Å². The molecule has 3 rings (SSSR count). The largest absolute Gasteiger partial charge is 0.301 e. The van der Waals surface area contributed by atoms with Gasteiger partial charge in [0.1, 0.15) is 5.01 Å². The molecule has 5 nitrogen and oxygen atoms in total. The minimum Gasteiger partial charge on any atom is -0.301 e. The summed E-state index contributed by atoms with van der Waals surface area (Å²) in [7, 11) is 0. The van der Waals surface area contributed by atoms with Gasteiger partial charge in [-0.05, 0) is 31.4 Å². The Hall–Kier alpha value is -1.86. The number of aromatic nitrogens is 3. The molecule has 0 aliphatic heterocycles. The number of benzene rings is 1. The summed E-state index contributed by atoms with van der Waals surface area (Å²) in [6.45, 7) is 2.02. The first-order chi connectivity index (χ1) is 10.7. The minimum absolute atomic E-state index is 0.0140. The van der Waals surface area contributed by atoms with E-state index in [2.05, 4.69) is 26.6 Å². The molecule has 0 unspecified atom stereocenters. The smallest absolute Gasteiger partial charge is 0.226 e. The number of anilines is 1. The number of carbonyl (C=O) groups excluding carboxylic acids is 1. The van der Waals surface area contributed by atoms with Crippen LogP contribution in [-0.2, 0) is 17.6 Å². The van der Waals surface area contributed by atoms with Crippen molar-refractivity contribution in [2.24, 2.45) is 0 Å². The average Bonchev–Trinajstić information content (AvgIpc) is 3.13. The van der Waals surface area contributed by atoms with Crippen LogP contribution in [0.5, 0.6) is 0 Å². The fourth-order valence-corrected chi connectivity index (χ4v) is 3.76. The molecule has 114 valence electrons. The van der Waals surface area contributed by atoms with Gasteiger partial charge >= 0.3 is 0 Å². The topological polar surface area (TPSA) is 67.8 Å². The first-order valence-electron chi connectivity index (χ1n) is 7.21. The number of amides is 1. The Morgan fingerprint density at radius 3 is 2.82 bits per heavy atom. The first kappa shape index (κ1) is 15.1. The van der Waals surface area contributed by atoms with Gasteiger partial charge in [0.25, 0.3) is 0 Å². The van der Waals surface area contributed by atoms with Gasteiger partial charge in [0.15, 0.2) is 0 Å². The molecule has 22 heavy (non-hydrogen) atoms. The molecule has 0 aliphatic rings. The second-order valence-corrected chi connectivity index (χ2v) is 7.01. The fraction of sp³-hybridized carbons (Fsp3) is 0.333. The quantitative estimate of drug-likeness (QED) is 0.748. The van der Waals surface area contributed by atoms with Crippen molar-refractivity contribution in [3.63, 3.8) is 0 Å². The Morgan fingerprint density at radius 1 is 1.18 bits per heavy atom. The van der Waals surface area contributed by atoms with E-state index < -0.39 is 0 Å². The van der Waals surface area contributed by atoms with Gasteiger partial charge in [0.05, 0.1) is 15.2 Å². The Kier molecular flexibility index (Phi) is 4.74. The molecule has 0 saturated carbocycles. The predicted octanol–water partition coefficient (Wildman–Crippen LogP) is 3.67. The lowest BCUT2D eigenvalue weighted by Crippen LogP contribution is -2.11. The van der Waals surface area contributed by atoms with Crippen LogP contribution in [0.15, 0.2) is 24.3 Å². The SMILES string of the molecule is CCc1nnc(NC(=O)CCCc2nc3ccccc3s2)s1. The summed E-state index contributed by atoms with van der Waals surface area (Å²) >= 11 is 3.13. The van der Waals surface area contributed by atoms with Gasteiger partial charge in [-0.25, -0.2) is 4.98 Å². The highest BCUT2D eigenvalue weighted by molar-refractivity contribution is 7.18. The normalized spacial score (nSPS) is 11.0. The zero-order valence-corrected chi connectivity index (χ0v) is 13.8. The van der Waals surface area contributed by atoms with Crippen LogP contribution in [0.1, 0.15) is 29.8 Å². The maximum Gasteiger partial charge on any atom is 0.226 e. The van der Waals surface area contributed by atoms with Crippen LogP contribution >= 0.6 is 22.7 Å². The number of hydrogen-bond acceptors (Lipinski definition) is 6. The average molecular weight is 332 g/mol. The summed E-state index contributed by atoms with van der Waals surface area (Å²) in [6, 6.07) is 8.10. The van der Waals surface area contributed by atoms with Crippen molar-refractivity contribution >= 4 is 43.9 Å². The number of nitrogens with one attached hydrogen (secondary N) is 1. The van der Waals surface area contributed by atoms with Gasteiger partial charge < -0.3 is 5.32 Å². The molecule has 1 aromatic carbocycles. The number of carbonyl (C=O) groups is 1. The van der Waals surface area contributed by atoms with E-state index in [9.17, 15) is 4.79 Å². The Balaban J connectivity index is 1.48. The second kappa shape index (κ2) is 6.93. The van der Waals surface area contributed by atoms with Gasteiger partial charge in [-0.3, -0.25) is 4.79 Å². The highest BCUT2D eigenvalue weighted by Gasteiger charge is 2.08. The van der Waals surface area contributed by atoms with Crippen molar-refractivity contribution < 1.29 is 4.79 Å². The van der Waals surface area contributed by atoms with Crippen molar-refractivity contribution in [3.05, 3.63) is 34.3 Å². The zero-order valence-electron chi connectivity index (χ0n) is 12.2. The van der Waals surface area contributed by atoms with Gasteiger partial charge in [-0.1, -0.05) is 30.4 Å². The van der Waals surface area contributed by atoms with Gasteiger partial charge in [-0.15, -0.1) is 21.5 Å². The van der Waals surface area contributed by atoms with Crippen molar-refractivity contribution in [1.82, 2.24) is 15.2 Å². The summed E-state index contributed by atoms with van der Waals surface area (Å²) in [5.74, 6) is -0.0140. The van der Waals surface area contributed by atoms with Crippen molar-refractivity contribution in [2.75, 3.05) is 5.32 Å². The summed E-state index contributed by atoms with van der Waals surface area (Å²) < 4.78 is 1.20. The van der Waals surface area contributed by atoms with E-state index in [0.717, 1.165) is 34.8 Å². The van der Waals surface area contributed by atoms with Gasteiger partial charge in [0, 0.05) is 6.42 Å². The number of aryl methyl sites for hydroxylation is 2. The molecule has 3 aromatic rings. The highest BCUT2D eigenvalue weighted by atomic mass is 32.1. The monoisotopic (exact) mass is 332 g/mol. The number of thiazole rings is 1. The molecule has 0 aliphatic carbocycles. The van der Waals surface area contributed by atoms with E-state index in [1.54, 1.807) is 11.3 Å². The molecule has 7 heteroatoms. The van der Waals surface area contributed by atoms with Crippen LogP contribution in [0.25, 0.3) is 10.2 Å². The van der Waals surface area contributed by atoms with E-state index in [-0.39, 0.29) is 5.91 Å². The van der Waals surface area contributed by atoms with Crippen LogP contribution in [-0.4, -0.2) is 21.1 Å². The molecular weight excluding hydrogens is 316 g/mol. The van der Waals surface area contributed by atoms with Crippen LogP contribution < -0.4 is 5.32 Å². The third-order valence-electron chi connectivity index (χ3n) is 3.15. The van der Waals surface area contributed by atoms with Gasteiger partial charge in [-0.2, -0.15) is 0 Å². The minimum atomic E-state index is -0.0140. The standard InChI is InChI=1S/C15H16N4OS2/c1-2-13-18-19-15(22-13)17-12(20)8-5-9-14-16-10-6-3-4-7-11(10)21-14/h3-4,6-7H,2,5,8-9H2,1H3,(H,17,19,20). The Labute approximate surface area is 136 Å². The molecule has 0 spiro atoms. The third-order valence-corrected chi connectivity index (χ3v) is 5.23. The van der Waals surface area contributed by atoms with E-state index in [4.69, 9.17) is 0 Å². The zero-order chi connectivity index (χ0) is 15.4. The number of para-hydroxylation sites is 1. The van der Waals surface area contributed by atoms with Crippen LogP contribution in [0.4, 0.5) is 5.13 Å². The summed E-state index contributed by atoms with van der Waals surface area (Å²) in [6.07, 6.45) is 2.91.